The van der Waals surface area contributed by atoms with Crippen LogP contribution in [0.5, 0.6) is 0 Å². The van der Waals surface area contributed by atoms with Crippen molar-refractivity contribution >= 4 is 11.3 Å². The Morgan fingerprint density at radius 1 is 1.18 bits per heavy atom. The van der Waals surface area contributed by atoms with Crippen LogP contribution in [-0.4, -0.2) is 0 Å². The van der Waals surface area contributed by atoms with E-state index in [2.05, 4.69) is 42.6 Å². The molecule has 1 aromatic heterocycles. The molecule has 3 rings (SSSR count). The molecule has 0 fully saturated rings. The van der Waals surface area contributed by atoms with Gasteiger partial charge in [0.25, 0.3) is 0 Å². The van der Waals surface area contributed by atoms with Gasteiger partial charge in [0, 0.05) is 10.4 Å². The summed E-state index contributed by atoms with van der Waals surface area (Å²) in [6.45, 7) is 2.18. The van der Waals surface area contributed by atoms with Gasteiger partial charge in [-0.25, -0.2) is 0 Å². The highest BCUT2D eigenvalue weighted by molar-refractivity contribution is 7.10. The van der Waals surface area contributed by atoms with E-state index < -0.39 is 0 Å². The molecule has 1 aliphatic rings. The van der Waals surface area contributed by atoms with Crippen LogP contribution in [0.1, 0.15) is 28.0 Å². The molecule has 88 valence electrons. The van der Waals surface area contributed by atoms with Crippen molar-refractivity contribution < 1.29 is 0 Å². The number of aryl methyl sites for hydroxylation is 2. The quantitative estimate of drug-likeness (QED) is 0.816. The zero-order valence-corrected chi connectivity index (χ0v) is 10.9. The average Bonchev–Trinajstić information content (AvgIpc) is 2.76. The Morgan fingerprint density at radius 2 is 1.94 bits per heavy atom. The lowest BCUT2D eigenvalue weighted by molar-refractivity contribution is 0.385. The average molecular weight is 243 g/mol. The first-order valence-corrected chi connectivity index (χ1v) is 6.97. The molecule has 0 radical (unpaired) electrons. The molecule has 0 spiro atoms. The maximum atomic E-state index is 6.65. The summed E-state index contributed by atoms with van der Waals surface area (Å²) < 4.78 is 0. The first-order valence-electron chi connectivity index (χ1n) is 6.09. The van der Waals surface area contributed by atoms with Gasteiger partial charge in [0.05, 0.1) is 0 Å². The van der Waals surface area contributed by atoms with Gasteiger partial charge in [-0.1, -0.05) is 24.3 Å². The van der Waals surface area contributed by atoms with E-state index in [-0.39, 0.29) is 5.54 Å². The minimum Gasteiger partial charge on any atom is -0.321 e. The van der Waals surface area contributed by atoms with Crippen molar-refractivity contribution in [2.24, 2.45) is 5.73 Å². The predicted molar refractivity (Wildman–Crippen MR) is 73.4 cm³/mol. The molecule has 1 unspecified atom stereocenters. The van der Waals surface area contributed by atoms with E-state index >= 15 is 0 Å². The van der Waals surface area contributed by atoms with Crippen molar-refractivity contribution in [2.75, 3.05) is 0 Å². The van der Waals surface area contributed by atoms with Gasteiger partial charge in [0.1, 0.15) is 0 Å². The van der Waals surface area contributed by atoms with Crippen LogP contribution in [0.2, 0.25) is 0 Å². The lowest BCUT2D eigenvalue weighted by Gasteiger charge is -2.35. The molecule has 2 heteroatoms. The van der Waals surface area contributed by atoms with Crippen molar-refractivity contribution in [1.29, 1.82) is 0 Å². The van der Waals surface area contributed by atoms with Gasteiger partial charge in [-0.15, -0.1) is 11.3 Å². The van der Waals surface area contributed by atoms with E-state index in [1.165, 1.54) is 21.6 Å². The van der Waals surface area contributed by atoms with Gasteiger partial charge in [0.15, 0.2) is 0 Å². The molecule has 2 N–H and O–H groups in total. The number of nitrogens with two attached hydrogens (primary N) is 1. The Kier molecular flexibility index (Phi) is 2.57. The van der Waals surface area contributed by atoms with Crippen LogP contribution < -0.4 is 5.73 Å². The lowest BCUT2D eigenvalue weighted by atomic mass is 9.75. The number of hydrogen-bond donors (Lipinski definition) is 1. The van der Waals surface area contributed by atoms with E-state index in [0.717, 1.165) is 19.3 Å². The van der Waals surface area contributed by atoms with E-state index in [9.17, 15) is 0 Å². The van der Waals surface area contributed by atoms with Crippen molar-refractivity contribution in [3.05, 3.63) is 57.3 Å². The summed E-state index contributed by atoms with van der Waals surface area (Å²) in [4.78, 5) is 1.37. The maximum absolute atomic E-state index is 6.65. The van der Waals surface area contributed by atoms with Gasteiger partial charge < -0.3 is 5.73 Å². The summed E-state index contributed by atoms with van der Waals surface area (Å²) in [5.74, 6) is 0. The molecular formula is C15H17NS. The van der Waals surface area contributed by atoms with Gasteiger partial charge in [-0.2, -0.15) is 0 Å². The molecule has 0 amide bonds. The molecule has 17 heavy (non-hydrogen) atoms. The summed E-state index contributed by atoms with van der Waals surface area (Å²) in [7, 11) is 0. The fourth-order valence-corrected chi connectivity index (χ4v) is 3.70. The molecule has 1 nitrogen and oxygen atoms in total. The van der Waals surface area contributed by atoms with E-state index in [0.29, 0.717) is 0 Å². The number of benzene rings is 1. The Hall–Kier alpha value is -1.12. The molecule has 0 saturated heterocycles. The summed E-state index contributed by atoms with van der Waals surface area (Å²) >= 11 is 1.80. The lowest BCUT2D eigenvalue weighted by Crippen LogP contribution is -2.42. The summed E-state index contributed by atoms with van der Waals surface area (Å²) in [5.41, 5.74) is 10.7. The number of fused-ring (bicyclic) bond motifs is 1. The zero-order valence-electron chi connectivity index (χ0n) is 10.1. The molecule has 0 aliphatic heterocycles. The zero-order chi connectivity index (χ0) is 11.9. The molecule has 0 saturated carbocycles. The number of thiophene rings is 1. The smallest absolute Gasteiger partial charge is 0.0464 e. The Balaban J connectivity index is 2.01. The third kappa shape index (κ3) is 1.81. The van der Waals surface area contributed by atoms with E-state index in [1.807, 2.05) is 0 Å². The highest BCUT2D eigenvalue weighted by Crippen LogP contribution is 2.37. The predicted octanol–water partition coefficient (Wildman–Crippen LogP) is 3.40. The largest absolute Gasteiger partial charge is 0.321 e. The highest BCUT2D eigenvalue weighted by atomic mass is 32.1. The van der Waals surface area contributed by atoms with Crippen LogP contribution >= 0.6 is 11.3 Å². The molecule has 1 aliphatic carbocycles. The summed E-state index contributed by atoms with van der Waals surface area (Å²) in [6.07, 6.45) is 3.13. The highest BCUT2D eigenvalue weighted by Gasteiger charge is 2.33. The fourth-order valence-electron chi connectivity index (χ4n) is 2.89. The van der Waals surface area contributed by atoms with Crippen molar-refractivity contribution in [2.45, 2.75) is 31.7 Å². The molecule has 1 atom stereocenters. The van der Waals surface area contributed by atoms with Gasteiger partial charge in [0.2, 0.25) is 0 Å². The van der Waals surface area contributed by atoms with Crippen molar-refractivity contribution in [1.82, 2.24) is 0 Å². The minimum atomic E-state index is -0.154. The second-order valence-corrected chi connectivity index (χ2v) is 6.11. The SMILES string of the molecule is Cc1sccc1C1(N)CCc2ccccc2C1. The van der Waals surface area contributed by atoms with E-state index in [1.54, 1.807) is 11.3 Å². The van der Waals surface area contributed by atoms with Gasteiger partial charge >= 0.3 is 0 Å². The van der Waals surface area contributed by atoms with E-state index in [4.69, 9.17) is 5.73 Å². The number of hydrogen-bond acceptors (Lipinski definition) is 2. The Labute approximate surface area is 106 Å². The van der Waals surface area contributed by atoms with Crippen LogP contribution in [0.25, 0.3) is 0 Å². The number of rotatable bonds is 1. The molecule has 1 heterocycles. The first-order chi connectivity index (χ1) is 8.19. The van der Waals surface area contributed by atoms with Gasteiger partial charge in [-0.3, -0.25) is 0 Å². The Morgan fingerprint density at radius 3 is 2.65 bits per heavy atom. The van der Waals surface area contributed by atoms with Crippen molar-refractivity contribution in [3.8, 4) is 0 Å². The molecular weight excluding hydrogens is 226 g/mol. The van der Waals surface area contributed by atoms with Crippen LogP contribution in [0.3, 0.4) is 0 Å². The van der Waals surface area contributed by atoms with Crippen LogP contribution in [0.15, 0.2) is 35.7 Å². The van der Waals surface area contributed by atoms with Crippen LogP contribution in [-0.2, 0) is 18.4 Å². The van der Waals surface area contributed by atoms with Crippen LogP contribution in [0.4, 0.5) is 0 Å². The standard InChI is InChI=1S/C15H17NS/c1-11-14(7-9-17-11)15(16)8-6-12-4-2-3-5-13(12)10-15/h2-5,7,9H,6,8,10,16H2,1H3. The first kappa shape index (κ1) is 11.0. The normalized spacial score (nSPS) is 23.4. The Bertz CT molecular complexity index is 543. The monoisotopic (exact) mass is 243 g/mol. The van der Waals surface area contributed by atoms with Gasteiger partial charge in [-0.05, 0) is 54.3 Å². The second kappa shape index (κ2) is 3.97. The third-order valence-electron chi connectivity index (χ3n) is 3.86. The minimum absolute atomic E-state index is 0.154. The maximum Gasteiger partial charge on any atom is 0.0464 e. The topological polar surface area (TPSA) is 26.0 Å². The second-order valence-electron chi connectivity index (χ2n) is 4.99. The summed E-state index contributed by atoms with van der Waals surface area (Å²) in [6, 6.07) is 10.9. The molecule has 0 bridgehead atoms. The fraction of sp³-hybridized carbons (Fsp3) is 0.333. The third-order valence-corrected chi connectivity index (χ3v) is 4.71. The molecule has 2 aromatic rings. The summed E-state index contributed by atoms with van der Waals surface area (Å²) in [5, 5.41) is 2.15. The van der Waals surface area contributed by atoms with Crippen LogP contribution in [0, 0.1) is 6.92 Å². The molecule has 1 aromatic carbocycles. The van der Waals surface area contributed by atoms with Crippen molar-refractivity contribution in [3.63, 3.8) is 0 Å².